The zero-order valence-electron chi connectivity index (χ0n) is 19.1. The van der Waals surface area contributed by atoms with E-state index < -0.39 is 17.7 Å². The number of aryl methyl sites for hydroxylation is 2. The maximum absolute atomic E-state index is 13.4. The number of carbonyl (C=O) groups excluding carboxylic acids is 2. The number of benzene rings is 2. The van der Waals surface area contributed by atoms with Crippen LogP contribution in [0.1, 0.15) is 34.2 Å². The summed E-state index contributed by atoms with van der Waals surface area (Å²) in [5.41, 5.74) is 3.71. The van der Waals surface area contributed by atoms with Gasteiger partial charge >= 0.3 is 0 Å². The van der Waals surface area contributed by atoms with Crippen LogP contribution in [0.3, 0.4) is 0 Å². The number of ketones is 1. The number of Topliss-reactive ketones (excluding diaryl/α,β-unsaturated/α-hetero) is 1. The molecule has 1 amide bonds. The van der Waals surface area contributed by atoms with Crippen molar-refractivity contribution in [3.63, 3.8) is 0 Å². The van der Waals surface area contributed by atoms with Gasteiger partial charge in [0.25, 0.3) is 11.7 Å². The molecule has 34 heavy (non-hydrogen) atoms. The van der Waals surface area contributed by atoms with Crippen molar-refractivity contribution in [2.45, 2.75) is 26.4 Å². The molecule has 2 aromatic heterocycles. The van der Waals surface area contributed by atoms with Gasteiger partial charge in [-0.05, 0) is 44.2 Å². The summed E-state index contributed by atoms with van der Waals surface area (Å²) in [6.07, 6.45) is 1.52. The molecular formula is C27H24N2O5. The Hall–Kier alpha value is -4.26. The van der Waals surface area contributed by atoms with E-state index in [9.17, 15) is 14.7 Å². The van der Waals surface area contributed by atoms with Crippen molar-refractivity contribution in [2.24, 2.45) is 0 Å². The largest absolute Gasteiger partial charge is 0.507 e. The monoisotopic (exact) mass is 456 g/mol. The number of amides is 1. The minimum atomic E-state index is -0.813. The summed E-state index contributed by atoms with van der Waals surface area (Å²) in [5.74, 6) is -0.760. The second-order valence-electron chi connectivity index (χ2n) is 8.42. The molecule has 172 valence electrons. The topological polar surface area (TPSA) is 95.8 Å². The number of furan rings is 1. The van der Waals surface area contributed by atoms with Crippen LogP contribution in [-0.2, 0) is 16.1 Å². The molecule has 0 spiro atoms. The second kappa shape index (κ2) is 8.26. The molecule has 5 rings (SSSR count). The van der Waals surface area contributed by atoms with E-state index >= 15 is 0 Å². The molecule has 0 aliphatic carbocycles. The van der Waals surface area contributed by atoms with E-state index in [-0.39, 0.29) is 17.9 Å². The highest BCUT2D eigenvalue weighted by Gasteiger charge is 2.48. The summed E-state index contributed by atoms with van der Waals surface area (Å²) >= 11 is 0. The Balaban J connectivity index is 1.78. The fourth-order valence-electron chi connectivity index (χ4n) is 4.72. The van der Waals surface area contributed by atoms with E-state index in [0.29, 0.717) is 17.1 Å². The average molecular weight is 456 g/mol. The first-order chi connectivity index (χ1) is 16.4. The zero-order chi connectivity index (χ0) is 24.0. The number of aliphatic hydroxyl groups is 1. The van der Waals surface area contributed by atoms with E-state index in [1.165, 1.54) is 18.3 Å². The van der Waals surface area contributed by atoms with Crippen LogP contribution in [0.4, 0.5) is 0 Å². The SMILES string of the molecule is COc1ccc(C)cc1/C(O)=C1\C(=O)C(=O)N(Cc2ccco2)C1c1c(C)[nH]c2ccccc12. The lowest BCUT2D eigenvalue weighted by atomic mass is 9.92. The van der Waals surface area contributed by atoms with Crippen molar-refractivity contribution in [1.82, 2.24) is 9.88 Å². The molecule has 2 aromatic carbocycles. The number of para-hydroxylation sites is 1. The summed E-state index contributed by atoms with van der Waals surface area (Å²) in [7, 11) is 1.50. The van der Waals surface area contributed by atoms with Gasteiger partial charge in [0.1, 0.15) is 17.3 Å². The van der Waals surface area contributed by atoms with Crippen LogP contribution < -0.4 is 4.74 Å². The van der Waals surface area contributed by atoms with E-state index in [1.807, 2.05) is 44.2 Å². The number of methoxy groups -OCH3 is 1. The maximum atomic E-state index is 13.4. The van der Waals surface area contributed by atoms with Crippen LogP contribution in [0, 0.1) is 13.8 Å². The first kappa shape index (κ1) is 21.6. The number of hydrogen-bond acceptors (Lipinski definition) is 5. The van der Waals surface area contributed by atoms with Gasteiger partial charge in [-0.3, -0.25) is 9.59 Å². The van der Waals surface area contributed by atoms with Crippen molar-refractivity contribution in [1.29, 1.82) is 0 Å². The first-order valence-electron chi connectivity index (χ1n) is 10.9. The van der Waals surface area contributed by atoms with Gasteiger partial charge < -0.3 is 24.1 Å². The molecule has 1 fully saturated rings. The number of aromatic nitrogens is 1. The first-order valence-corrected chi connectivity index (χ1v) is 10.9. The minimum absolute atomic E-state index is 0.0216. The number of fused-ring (bicyclic) bond motifs is 1. The third-order valence-electron chi connectivity index (χ3n) is 6.27. The molecule has 0 bridgehead atoms. The fourth-order valence-corrected chi connectivity index (χ4v) is 4.72. The Labute approximate surface area is 196 Å². The highest BCUT2D eigenvalue weighted by molar-refractivity contribution is 6.46. The summed E-state index contributed by atoms with van der Waals surface area (Å²) in [4.78, 5) is 31.5. The molecule has 7 nitrogen and oxygen atoms in total. The van der Waals surface area contributed by atoms with Gasteiger partial charge in [0, 0.05) is 22.2 Å². The molecular weight excluding hydrogens is 432 g/mol. The number of carbonyl (C=O) groups is 2. The molecule has 1 atom stereocenters. The third-order valence-corrected chi connectivity index (χ3v) is 6.27. The van der Waals surface area contributed by atoms with Gasteiger partial charge in [-0.15, -0.1) is 0 Å². The Bertz CT molecular complexity index is 1450. The van der Waals surface area contributed by atoms with Crippen LogP contribution in [-0.4, -0.2) is 33.8 Å². The number of nitrogens with zero attached hydrogens (tertiary/aromatic N) is 1. The van der Waals surface area contributed by atoms with Gasteiger partial charge in [0.2, 0.25) is 0 Å². The number of ether oxygens (including phenoxy) is 1. The molecule has 1 aliphatic rings. The lowest BCUT2D eigenvalue weighted by molar-refractivity contribution is -0.140. The smallest absolute Gasteiger partial charge is 0.296 e. The summed E-state index contributed by atoms with van der Waals surface area (Å²) in [6.45, 7) is 3.87. The Morgan fingerprint density at radius 1 is 1.12 bits per heavy atom. The summed E-state index contributed by atoms with van der Waals surface area (Å²) in [5, 5.41) is 12.4. The lowest BCUT2D eigenvalue weighted by Crippen LogP contribution is -2.29. The maximum Gasteiger partial charge on any atom is 0.296 e. The van der Waals surface area contributed by atoms with Gasteiger partial charge in [-0.25, -0.2) is 0 Å². The highest BCUT2D eigenvalue weighted by Crippen LogP contribution is 2.45. The quantitative estimate of drug-likeness (QED) is 0.250. The standard InChI is InChI=1S/C27H24N2O5/c1-15-10-11-21(33-3)19(13-15)25(30)23-24(22-16(2)28-20-9-5-4-8-18(20)22)29(27(32)26(23)31)14-17-7-6-12-34-17/h4-13,24,28,30H,14H2,1-3H3/b25-23+. The van der Waals surface area contributed by atoms with Gasteiger partial charge in [0.15, 0.2) is 0 Å². The van der Waals surface area contributed by atoms with Gasteiger partial charge in [0.05, 0.1) is 37.1 Å². The summed E-state index contributed by atoms with van der Waals surface area (Å²) < 4.78 is 10.9. The van der Waals surface area contributed by atoms with Crippen LogP contribution >= 0.6 is 0 Å². The molecule has 1 saturated heterocycles. The molecule has 2 N–H and O–H groups in total. The number of nitrogens with one attached hydrogen (secondary N) is 1. The highest BCUT2D eigenvalue weighted by atomic mass is 16.5. The number of likely N-dealkylation sites (tertiary alicyclic amines) is 1. The van der Waals surface area contributed by atoms with Crippen molar-refractivity contribution in [3.8, 4) is 5.75 Å². The zero-order valence-corrected chi connectivity index (χ0v) is 19.1. The lowest BCUT2D eigenvalue weighted by Gasteiger charge is -2.25. The van der Waals surface area contributed by atoms with E-state index in [2.05, 4.69) is 4.98 Å². The molecule has 4 aromatic rings. The molecule has 3 heterocycles. The molecule has 7 heteroatoms. The number of rotatable bonds is 5. The molecule has 1 unspecified atom stereocenters. The number of aliphatic hydroxyl groups excluding tert-OH is 1. The molecule has 0 radical (unpaired) electrons. The minimum Gasteiger partial charge on any atom is -0.507 e. The predicted octanol–water partition coefficient (Wildman–Crippen LogP) is 5.01. The van der Waals surface area contributed by atoms with Crippen molar-refractivity contribution in [3.05, 3.63) is 94.6 Å². The van der Waals surface area contributed by atoms with Gasteiger partial charge in [-0.1, -0.05) is 29.8 Å². The van der Waals surface area contributed by atoms with Crippen LogP contribution in [0.5, 0.6) is 5.75 Å². The fraction of sp³-hybridized carbons (Fsp3) is 0.185. The third kappa shape index (κ3) is 3.37. The second-order valence-corrected chi connectivity index (χ2v) is 8.42. The van der Waals surface area contributed by atoms with Crippen molar-refractivity contribution >= 4 is 28.4 Å². The van der Waals surface area contributed by atoms with Crippen LogP contribution in [0.15, 0.2) is 70.9 Å². The van der Waals surface area contributed by atoms with E-state index in [1.54, 1.807) is 24.3 Å². The number of H-pyrrole nitrogens is 1. The van der Waals surface area contributed by atoms with Crippen LogP contribution in [0.2, 0.25) is 0 Å². The Morgan fingerprint density at radius 2 is 1.91 bits per heavy atom. The van der Waals surface area contributed by atoms with Gasteiger partial charge in [-0.2, -0.15) is 0 Å². The van der Waals surface area contributed by atoms with Crippen molar-refractivity contribution < 1.29 is 23.8 Å². The molecule has 0 saturated carbocycles. The number of hydrogen-bond donors (Lipinski definition) is 2. The van der Waals surface area contributed by atoms with Crippen molar-refractivity contribution in [2.75, 3.05) is 7.11 Å². The molecule has 1 aliphatic heterocycles. The Kier molecular flexibility index (Phi) is 5.24. The Morgan fingerprint density at radius 3 is 2.65 bits per heavy atom. The normalized spacial score (nSPS) is 17.6. The van der Waals surface area contributed by atoms with E-state index in [4.69, 9.17) is 9.15 Å². The van der Waals surface area contributed by atoms with Crippen LogP contribution in [0.25, 0.3) is 16.7 Å². The van der Waals surface area contributed by atoms with E-state index in [0.717, 1.165) is 27.7 Å². The summed E-state index contributed by atoms with van der Waals surface area (Å²) in [6, 6.07) is 15.7. The predicted molar refractivity (Wildman–Crippen MR) is 127 cm³/mol. The number of aromatic amines is 1. The average Bonchev–Trinajstić information content (AvgIpc) is 3.52.